The number of hydrogen-bond acceptors (Lipinski definition) is 1. The van der Waals surface area contributed by atoms with Gasteiger partial charge in [0.2, 0.25) is 0 Å². The van der Waals surface area contributed by atoms with E-state index < -0.39 is 5.97 Å². The van der Waals surface area contributed by atoms with Crippen LogP contribution in [0.3, 0.4) is 0 Å². The van der Waals surface area contributed by atoms with Gasteiger partial charge in [-0.25, -0.2) is 0 Å². The highest BCUT2D eigenvalue weighted by Crippen LogP contribution is 2.18. The average molecular weight is 407 g/mol. The van der Waals surface area contributed by atoms with E-state index in [4.69, 9.17) is 5.11 Å². The monoisotopic (exact) mass is 406 g/mol. The molecule has 170 valence electrons. The van der Waals surface area contributed by atoms with Crippen LogP contribution in [0.5, 0.6) is 0 Å². The van der Waals surface area contributed by atoms with Crippen molar-refractivity contribution in [3.63, 3.8) is 0 Å². The van der Waals surface area contributed by atoms with Crippen molar-refractivity contribution in [1.82, 2.24) is 0 Å². The standard InChI is InChI=1S/C27H50O2/c1-3-4-5-20-23-26(2)24-21-18-16-14-12-10-8-6-7-9-11-13-15-17-19-22-25-27(28)29/h7,9,15,17,26H,3-6,8,10-14,16,18-25H2,1-2H3,(H,28,29). The smallest absolute Gasteiger partial charge is 0.303 e. The lowest BCUT2D eigenvalue weighted by Gasteiger charge is -2.10. The lowest BCUT2D eigenvalue weighted by Crippen LogP contribution is -1.95. The molecule has 0 aliphatic heterocycles. The first kappa shape index (κ1) is 27.9. The van der Waals surface area contributed by atoms with E-state index in [1.807, 2.05) is 0 Å². The van der Waals surface area contributed by atoms with Crippen LogP contribution < -0.4 is 0 Å². The number of allylic oxidation sites excluding steroid dienone is 4. The predicted molar refractivity (Wildman–Crippen MR) is 128 cm³/mol. The molecule has 0 aromatic rings. The lowest BCUT2D eigenvalue weighted by molar-refractivity contribution is -0.137. The zero-order valence-electron chi connectivity index (χ0n) is 19.7. The maximum absolute atomic E-state index is 10.4. The Hall–Kier alpha value is -1.05. The molecule has 1 atom stereocenters. The summed E-state index contributed by atoms with van der Waals surface area (Å²) in [7, 11) is 0. The van der Waals surface area contributed by atoms with Gasteiger partial charge in [0.25, 0.3) is 0 Å². The highest BCUT2D eigenvalue weighted by molar-refractivity contribution is 5.66. The first-order valence-electron chi connectivity index (χ1n) is 12.7. The Labute approximate surface area is 182 Å². The molecule has 2 nitrogen and oxygen atoms in total. The normalized spacial score (nSPS) is 12.9. The van der Waals surface area contributed by atoms with Gasteiger partial charge in [-0.05, 0) is 44.4 Å². The minimum Gasteiger partial charge on any atom is -0.481 e. The van der Waals surface area contributed by atoms with Gasteiger partial charge in [-0.3, -0.25) is 4.79 Å². The fourth-order valence-electron chi connectivity index (χ4n) is 3.74. The summed E-state index contributed by atoms with van der Waals surface area (Å²) in [5.74, 6) is 0.241. The molecule has 29 heavy (non-hydrogen) atoms. The second kappa shape index (κ2) is 23.2. The van der Waals surface area contributed by atoms with E-state index in [1.54, 1.807) is 0 Å². The van der Waals surface area contributed by atoms with Crippen molar-refractivity contribution in [2.75, 3.05) is 0 Å². The number of unbranched alkanes of at least 4 members (excludes halogenated alkanes) is 12. The molecular formula is C27H50O2. The summed E-state index contributed by atoms with van der Waals surface area (Å²) >= 11 is 0. The molecule has 0 radical (unpaired) electrons. The minimum atomic E-state index is -0.695. The van der Waals surface area contributed by atoms with Gasteiger partial charge < -0.3 is 5.11 Å². The van der Waals surface area contributed by atoms with Crippen LogP contribution in [-0.2, 0) is 4.79 Å². The summed E-state index contributed by atoms with van der Waals surface area (Å²) in [6.45, 7) is 4.73. The highest BCUT2D eigenvalue weighted by atomic mass is 16.4. The van der Waals surface area contributed by atoms with E-state index in [-0.39, 0.29) is 6.42 Å². The van der Waals surface area contributed by atoms with Crippen molar-refractivity contribution in [2.24, 2.45) is 5.92 Å². The first-order chi connectivity index (χ1) is 14.2. The van der Waals surface area contributed by atoms with Gasteiger partial charge in [0.05, 0.1) is 0 Å². The van der Waals surface area contributed by atoms with Gasteiger partial charge in [0, 0.05) is 6.42 Å². The largest absolute Gasteiger partial charge is 0.481 e. The molecule has 0 heterocycles. The molecular weight excluding hydrogens is 356 g/mol. The number of hydrogen-bond donors (Lipinski definition) is 1. The van der Waals surface area contributed by atoms with Crippen molar-refractivity contribution in [3.8, 4) is 0 Å². The summed E-state index contributed by atoms with van der Waals surface area (Å²) in [6, 6.07) is 0. The Balaban J connectivity index is 3.24. The number of aliphatic carboxylic acids is 1. The highest BCUT2D eigenvalue weighted by Gasteiger charge is 2.01. The van der Waals surface area contributed by atoms with Crippen LogP contribution in [0.15, 0.2) is 24.3 Å². The van der Waals surface area contributed by atoms with Gasteiger partial charge in [0.1, 0.15) is 0 Å². The van der Waals surface area contributed by atoms with Gasteiger partial charge in [-0.1, -0.05) is 115 Å². The molecule has 0 aliphatic carbocycles. The number of rotatable bonds is 22. The molecule has 0 rings (SSSR count). The van der Waals surface area contributed by atoms with Crippen molar-refractivity contribution in [1.29, 1.82) is 0 Å². The molecule has 0 bridgehead atoms. The molecule has 1 N–H and O–H groups in total. The zero-order valence-corrected chi connectivity index (χ0v) is 19.7. The number of carbonyl (C=O) groups is 1. The zero-order chi connectivity index (χ0) is 21.4. The first-order valence-corrected chi connectivity index (χ1v) is 12.7. The third kappa shape index (κ3) is 24.9. The Bertz CT molecular complexity index is 397. The van der Waals surface area contributed by atoms with Crippen molar-refractivity contribution in [2.45, 2.75) is 136 Å². The Kier molecular flexibility index (Phi) is 22.4. The maximum atomic E-state index is 10.4. The van der Waals surface area contributed by atoms with Gasteiger partial charge in [0.15, 0.2) is 0 Å². The maximum Gasteiger partial charge on any atom is 0.303 e. The van der Waals surface area contributed by atoms with Crippen LogP contribution >= 0.6 is 0 Å². The number of carboxylic acid groups (broad SMARTS) is 1. The molecule has 0 fully saturated rings. The Morgan fingerprint density at radius 2 is 1.10 bits per heavy atom. The molecule has 0 spiro atoms. The van der Waals surface area contributed by atoms with Crippen molar-refractivity contribution in [3.05, 3.63) is 24.3 Å². The van der Waals surface area contributed by atoms with E-state index in [1.165, 1.54) is 89.9 Å². The third-order valence-electron chi connectivity index (χ3n) is 5.71. The minimum absolute atomic E-state index is 0.280. The van der Waals surface area contributed by atoms with Crippen LogP contribution in [0.4, 0.5) is 0 Å². The predicted octanol–water partition coefficient (Wildman–Crippen LogP) is 9.25. The SMILES string of the molecule is CCCCCCC(C)CCCCCCCCCC=CCCC=CCCCC(=O)O. The van der Waals surface area contributed by atoms with E-state index in [9.17, 15) is 4.79 Å². The van der Waals surface area contributed by atoms with E-state index in [0.717, 1.165) is 31.6 Å². The molecule has 2 heteroatoms. The molecule has 0 saturated carbocycles. The molecule has 0 amide bonds. The Morgan fingerprint density at radius 1 is 0.655 bits per heavy atom. The second-order valence-electron chi connectivity index (χ2n) is 8.81. The number of carboxylic acids is 1. The summed E-state index contributed by atoms with van der Waals surface area (Å²) in [5, 5.41) is 8.56. The average Bonchev–Trinajstić information content (AvgIpc) is 2.70. The Morgan fingerprint density at radius 3 is 1.66 bits per heavy atom. The molecule has 0 saturated heterocycles. The topological polar surface area (TPSA) is 37.3 Å². The van der Waals surface area contributed by atoms with Crippen LogP contribution in [0.25, 0.3) is 0 Å². The fourth-order valence-corrected chi connectivity index (χ4v) is 3.74. The van der Waals surface area contributed by atoms with Crippen LogP contribution in [0.2, 0.25) is 0 Å². The van der Waals surface area contributed by atoms with Crippen LogP contribution in [0, 0.1) is 5.92 Å². The summed E-state index contributed by atoms with van der Waals surface area (Å²) in [6.07, 6.45) is 32.6. The summed E-state index contributed by atoms with van der Waals surface area (Å²) < 4.78 is 0. The fraction of sp³-hybridized carbons (Fsp3) is 0.815. The van der Waals surface area contributed by atoms with Crippen molar-refractivity contribution >= 4 is 5.97 Å². The van der Waals surface area contributed by atoms with E-state index >= 15 is 0 Å². The van der Waals surface area contributed by atoms with Crippen LogP contribution in [-0.4, -0.2) is 11.1 Å². The molecule has 0 aromatic heterocycles. The second-order valence-corrected chi connectivity index (χ2v) is 8.81. The van der Waals surface area contributed by atoms with E-state index in [0.29, 0.717) is 0 Å². The van der Waals surface area contributed by atoms with Gasteiger partial charge >= 0.3 is 5.97 Å². The third-order valence-corrected chi connectivity index (χ3v) is 5.71. The molecule has 0 aromatic carbocycles. The van der Waals surface area contributed by atoms with Crippen molar-refractivity contribution < 1.29 is 9.90 Å². The van der Waals surface area contributed by atoms with E-state index in [2.05, 4.69) is 38.2 Å². The van der Waals surface area contributed by atoms with Gasteiger partial charge in [-0.2, -0.15) is 0 Å². The van der Waals surface area contributed by atoms with Crippen LogP contribution in [0.1, 0.15) is 136 Å². The van der Waals surface area contributed by atoms with Gasteiger partial charge in [-0.15, -0.1) is 0 Å². The summed E-state index contributed by atoms with van der Waals surface area (Å²) in [4.78, 5) is 10.4. The quantitative estimate of drug-likeness (QED) is 0.144. The lowest BCUT2D eigenvalue weighted by atomic mass is 9.96. The molecule has 1 unspecified atom stereocenters. The molecule has 0 aliphatic rings. The summed E-state index contributed by atoms with van der Waals surface area (Å²) in [5.41, 5.74) is 0.